The Labute approximate surface area is 150 Å². The lowest BCUT2D eigenvalue weighted by atomic mass is 9.79. The fraction of sp³-hybridized carbons (Fsp3) is 0.412. The van der Waals surface area contributed by atoms with Crippen molar-refractivity contribution in [3.05, 3.63) is 34.4 Å². The van der Waals surface area contributed by atoms with E-state index in [9.17, 15) is 4.79 Å². The molecule has 5 nitrogen and oxygen atoms in total. The first-order valence-corrected chi connectivity index (χ1v) is 8.47. The number of carbonyl (C=O) groups excluding carboxylic acids is 1. The molecule has 2 heterocycles. The molecular formula is C17H19BBrNO4. The minimum atomic E-state index is -0.493. The van der Waals surface area contributed by atoms with E-state index in [0.717, 1.165) is 15.3 Å². The third-order valence-corrected chi connectivity index (χ3v) is 5.16. The van der Waals surface area contributed by atoms with Crippen LogP contribution < -0.4 is 5.46 Å². The van der Waals surface area contributed by atoms with Gasteiger partial charge in [-0.05, 0) is 39.8 Å². The molecule has 1 aliphatic rings. The van der Waals surface area contributed by atoms with E-state index < -0.39 is 24.3 Å². The van der Waals surface area contributed by atoms with Gasteiger partial charge in [0.15, 0.2) is 0 Å². The quantitative estimate of drug-likeness (QED) is 0.581. The normalized spacial score (nSPS) is 18.8. The number of nitrogens with zero attached hydrogens (tertiary/aromatic N) is 1. The van der Waals surface area contributed by atoms with Crippen molar-refractivity contribution in [2.75, 3.05) is 7.11 Å². The van der Waals surface area contributed by atoms with E-state index in [1.165, 1.54) is 7.11 Å². The smallest absolute Gasteiger partial charge is 0.465 e. The maximum Gasteiger partial charge on any atom is 0.496 e. The lowest BCUT2D eigenvalue weighted by Crippen LogP contribution is -2.41. The van der Waals surface area contributed by atoms with Crippen LogP contribution in [0.3, 0.4) is 0 Å². The van der Waals surface area contributed by atoms with Gasteiger partial charge >= 0.3 is 13.1 Å². The molecule has 7 heteroatoms. The maximum absolute atomic E-state index is 12.0. The van der Waals surface area contributed by atoms with Crippen LogP contribution in [0.5, 0.6) is 0 Å². The number of esters is 1. The Hall–Kier alpha value is -1.44. The Kier molecular flexibility index (Phi) is 4.22. The first kappa shape index (κ1) is 17.4. The molecule has 0 saturated carbocycles. The van der Waals surface area contributed by atoms with E-state index in [1.54, 1.807) is 12.3 Å². The molecule has 0 radical (unpaired) electrons. The lowest BCUT2D eigenvalue weighted by molar-refractivity contribution is 0.00578. The molecule has 1 fully saturated rings. The minimum absolute atomic E-state index is 0.416. The summed E-state index contributed by atoms with van der Waals surface area (Å²) >= 11 is 3.43. The Morgan fingerprint density at radius 2 is 1.79 bits per heavy atom. The number of halogens is 1. The number of carbonyl (C=O) groups is 1. The molecule has 0 aliphatic carbocycles. The van der Waals surface area contributed by atoms with Crippen molar-refractivity contribution in [1.82, 2.24) is 4.98 Å². The van der Waals surface area contributed by atoms with Crippen LogP contribution in [0.15, 0.2) is 28.9 Å². The number of aromatic nitrogens is 1. The van der Waals surface area contributed by atoms with E-state index in [2.05, 4.69) is 20.9 Å². The van der Waals surface area contributed by atoms with E-state index >= 15 is 0 Å². The Morgan fingerprint density at radius 3 is 2.38 bits per heavy atom. The first-order valence-electron chi connectivity index (χ1n) is 7.68. The molecule has 0 amide bonds. The summed E-state index contributed by atoms with van der Waals surface area (Å²) in [5.41, 5.74) is 0.991. The molecule has 0 bridgehead atoms. The number of hydrogen-bond acceptors (Lipinski definition) is 5. The Morgan fingerprint density at radius 1 is 1.17 bits per heavy atom. The highest BCUT2D eigenvalue weighted by atomic mass is 79.9. The monoisotopic (exact) mass is 391 g/mol. The van der Waals surface area contributed by atoms with Gasteiger partial charge in [0.1, 0.15) is 0 Å². The predicted molar refractivity (Wildman–Crippen MR) is 96.5 cm³/mol. The summed E-state index contributed by atoms with van der Waals surface area (Å²) in [6.45, 7) is 8.03. The molecule has 1 aromatic heterocycles. The van der Waals surface area contributed by atoms with Crippen LogP contribution in [0.2, 0.25) is 0 Å². The standard InChI is InChI=1S/C17H19BBrNO4/c1-16(2)17(3,4)24-18(23-16)11-6-10-7-12(19)8-13(15(21)22-5)14(10)20-9-11/h6-9H,1-5H3. The van der Waals surface area contributed by atoms with Crippen molar-refractivity contribution >= 4 is 45.4 Å². The highest BCUT2D eigenvalue weighted by molar-refractivity contribution is 9.10. The van der Waals surface area contributed by atoms with E-state index in [1.807, 2.05) is 39.8 Å². The van der Waals surface area contributed by atoms with Gasteiger partial charge in [0.05, 0.1) is 29.4 Å². The van der Waals surface area contributed by atoms with Crippen molar-refractivity contribution in [1.29, 1.82) is 0 Å². The summed E-state index contributed by atoms with van der Waals surface area (Å²) in [4.78, 5) is 16.4. The minimum Gasteiger partial charge on any atom is -0.465 e. The average Bonchev–Trinajstić information content (AvgIpc) is 2.73. The summed E-state index contributed by atoms with van der Waals surface area (Å²) in [6, 6.07) is 5.54. The average molecular weight is 392 g/mol. The molecule has 1 saturated heterocycles. The second-order valence-corrected chi connectivity index (χ2v) is 7.79. The molecule has 126 valence electrons. The zero-order valence-corrected chi connectivity index (χ0v) is 15.9. The molecule has 0 atom stereocenters. The summed E-state index contributed by atoms with van der Waals surface area (Å²) in [7, 11) is 0.862. The summed E-state index contributed by atoms with van der Waals surface area (Å²) in [6.07, 6.45) is 1.69. The fourth-order valence-corrected chi connectivity index (χ4v) is 3.08. The SMILES string of the molecule is COC(=O)c1cc(Br)cc2cc(B3OC(C)(C)C(C)(C)O3)cnc12. The molecule has 0 spiro atoms. The number of fused-ring (bicyclic) bond motifs is 1. The van der Waals surface area contributed by atoms with Gasteiger partial charge in [0.2, 0.25) is 0 Å². The van der Waals surface area contributed by atoms with Gasteiger partial charge in [-0.2, -0.15) is 0 Å². The lowest BCUT2D eigenvalue weighted by Gasteiger charge is -2.32. The molecule has 2 aromatic rings. The number of hydrogen-bond donors (Lipinski definition) is 0. The first-order chi connectivity index (χ1) is 11.1. The van der Waals surface area contributed by atoms with E-state index in [-0.39, 0.29) is 0 Å². The van der Waals surface area contributed by atoms with Gasteiger partial charge in [-0.15, -0.1) is 0 Å². The van der Waals surface area contributed by atoms with E-state index in [0.29, 0.717) is 11.1 Å². The topological polar surface area (TPSA) is 57.7 Å². The van der Waals surface area contributed by atoms with Crippen molar-refractivity contribution in [3.8, 4) is 0 Å². The number of methoxy groups -OCH3 is 1. The maximum atomic E-state index is 12.0. The second kappa shape index (κ2) is 5.83. The number of ether oxygens (including phenoxy) is 1. The van der Waals surface area contributed by atoms with Crippen molar-refractivity contribution in [2.24, 2.45) is 0 Å². The number of rotatable bonds is 2. The largest absolute Gasteiger partial charge is 0.496 e. The third-order valence-electron chi connectivity index (χ3n) is 4.70. The molecule has 0 unspecified atom stereocenters. The zero-order chi connectivity index (χ0) is 17.7. The van der Waals surface area contributed by atoms with Crippen LogP contribution in [0.1, 0.15) is 38.1 Å². The van der Waals surface area contributed by atoms with Gasteiger partial charge in [-0.25, -0.2) is 4.79 Å². The molecule has 3 rings (SSSR count). The van der Waals surface area contributed by atoms with Crippen LogP contribution in [0.25, 0.3) is 10.9 Å². The van der Waals surface area contributed by atoms with Gasteiger partial charge in [-0.1, -0.05) is 22.0 Å². The van der Waals surface area contributed by atoms with Crippen LogP contribution in [0.4, 0.5) is 0 Å². The van der Waals surface area contributed by atoms with E-state index in [4.69, 9.17) is 14.0 Å². The van der Waals surface area contributed by atoms with Crippen LogP contribution in [-0.4, -0.2) is 36.4 Å². The highest BCUT2D eigenvalue weighted by Crippen LogP contribution is 2.36. The predicted octanol–water partition coefficient (Wildman–Crippen LogP) is 3.08. The van der Waals surface area contributed by atoms with Crippen LogP contribution in [0, 0.1) is 0 Å². The van der Waals surface area contributed by atoms with Gasteiger partial charge < -0.3 is 14.0 Å². The van der Waals surface area contributed by atoms with Crippen molar-refractivity contribution in [2.45, 2.75) is 38.9 Å². The molecule has 0 N–H and O–H groups in total. The summed E-state index contributed by atoms with van der Waals surface area (Å²) < 4.78 is 17.7. The van der Waals surface area contributed by atoms with Crippen LogP contribution >= 0.6 is 15.9 Å². The second-order valence-electron chi connectivity index (χ2n) is 6.87. The highest BCUT2D eigenvalue weighted by Gasteiger charge is 2.51. The number of pyridine rings is 1. The summed E-state index contributed by atoms with van der Waals surface area (Å²) in [5, 5.41) is 0.817. The Balaban J connectivity index is 2.06. The fourth-order valence-electron chi connectivity index (χ4n) is 2.60. The van der Waals surface area contributed by atoms with Gasteiger partial charge in [0, 0.05) is 21.5 Å². The molecule has 1 aliphatic heterocycles. The van der Waals surface area contributed by atoms with Gasteiger partial charge in [-0.3, -0.25) is 4.98 Å². The molecule has 1 aromatic carbocycles. The summed E-state index contributed by atoms with van der Waals surface area (Å²) in [5.74, 6) is -0.419. The van der Waals surface area contributed by atoms with Gasteiger partial charge in [0.25, 0.3) is 0 Å². The molecule has 24 heavy (non-hydrogen) atoms. The Bertz CT molecular complexity index is 806. The zero-order valence-electron chi connectivity index (χ0n) is 14.3. The van der Waals surface area contributed by atoms with Crippen LogP contribution in [-0.2, 0) is 14.0 Å². The molecular weight excluding hydrogens is 373 g/mol. The third kappa shape index (κ3) is 2.85. The number of benzene rings is 1. The van der Waals surface area contributed by atoms with Crippen molar-refractivity contribution in [3.63, 3.8) is 0 Å². The van der Waals surface area contributed by atoms with Crippen molar-refractivity contribution < 1.29 is 18.8 Å².